The first-order valence-corrected chi connectivity index (χ1v) is 5.46. The Balaban J connectivity index is 2.39. The number of rotatable bonds is 2. The molecule has 0 aromatic carbocycles. The zero-order valence-corrected chi connectivity index (χ0v) is 9.90. The SMILES string of the molecule is B[C@@H]1O[C@H](CO)C2OC(C)(C)OC21C=C=C. The van der Waals surface area contributed by atoms with Gasteiger partial charge in [0.25, 0.3) is 0 Å². The standard InChI is InChI=1S/C11H17BO4/c1-4-5-11-8(15-10(2,3)16-11)7(6-13)14-9(11)12/h5,7-9,13H,1,6,12H2,2-3H3/t7-,8?,9-,11?/m1/s1. The molecule has 4 nitrogen and oxygen atoms in total. The molecule has 2 unspecified atom stereocenters. The Labute approximate surface area is 96.3 Å². The Hall–Kier alpha value is -0.575. The van der Waals surface area contributed by atoms with Crippen LogP contribution in [0.15, 0.2) is 18.4 Å². The van der Waals surface area contributed by atoms with Gasteiger partial charge in [-0.2, -0.15) is 0 Å². The summed E-state index contributed by atoms with van der Waals surface area (Å²) in [6.07, 6.45) is 1.07. The van der Waals surface area contributed by atoms with Crippen LogP contribution in [0.25, 0.3) is 0 Å². The van der Waals surface area contributed by atoms with E-state index < -0.39 is 11.4 Å². The summed E-state index contributed by atoms with van der Waals surface area (Å²) in [7, 11) is 1.90. The van der Waals surface area contributed by atoms with Crippen LogP contribution < -0.4 is 0 Å². The molecular formula is C11H17BO4. The Morgan fingerprint density at radius 1 is 1.56 bits per heavy atom. The van der Waals surface area contributed by atoms with Crippen LogP contribution in [0.2, 0.25) is 0 Å². The number of ether oxygens (including phenoxy) is 3. The first kappa shape index (κ1) is 11.9. The van der Waals surface area contributed by atoms with E-state index in [0.717, 1.165) is 0 Å². The molecule has 16 heavy (non-hydrogen) atoms. The molecule has 0 aliphatic carbocycles. The Bertz CT molecular complexity index is 337. The molecule has 5 heteroatoms. The molecule has 1 N–H and O–H groups in total. The molecule has 0 amide bonds. The number of aliphatic hydroxyl groups is 1. The highest BCUT2D eigenvalue weighted by molar-refractivity contribution is 6.12. The minimum atomic E-state index is -0.682. The fourth-order valence-electron chi connectivity index (χ4n) is 2.55. The lowest BCUT2D eigenvalue weighted by Crippen LogP contribution is -2.45. The second-order valence-electron chi connectivity index (χ2n) is 4.74. The third-order valence-corrected chi connectivity index (χ3v) is 3.14. The molecule has 2 heterocycles. The van der Waals surface area contributed by atoms with Gasteiger partial charge in [0.05, 0.1) is 12.6 Å². The topological polar surface area (TPSA) is 47.9 Å². The average molecular weight is 224 g/mol. The zero-order chi connectivity index (χ0) is 12.0. The van der Waals surface area contributed by atoms with Gasteiger partial charge in [0.1, 0.15) is 25.7 Å². The van der Waals surface area contributed by atoms with Gasteiger partial charge in [-0.15, -0.1) is 5.73 Å². The second kappa shape index (κ2) is 3.72. The Morgan fingerprint density at radius 3 is 2.81 bits per heavy atom. The van der Waals surface area contributed by atoms with Crippen molar-refractivity contribution < 1.29 is 19.3 Å². The molecule has 2 aliphatic heterocycles. The van der Waals surface area contributed by atoms with Crippen LogP contribution in [0, 0.1) is 0 Å². The van der Waals surface area contributed by atoms with E-state index in [1.165, 1.54) is 0 Å². The second-order valence-corrected chi connectivity index (χ2v) is 4.74. The first-order chi connectivity index (χ1) is 7.45. The molecule has 0 aromatic rings. The van der Waals surface area contributed by atoms with E-state index in [1.807, 2.05) is 21.7 Å². The van der Waals surface area contributed by atoms with Gasteiger partial charge in [-0.3, -0.25) is 0 Å². The summed E-state index contributed by atoms with van der Waals surface area (Å²) in [4.78, 5) is 0. The first-order valence-electron chi connectivity index (χ1n) is 5.46. The van der Waals surface area contributed by atoms with Crippen molar-refractivity contribution in [1.29, 1.82) is 0 Å². The van der Waals surface area contributed by atoms with Crippen LogP contribution >= 0.6 is 0 Å². The summed E-state index contributed by atoms with van der Waals surface area (Å²) in [5, 5.41) is 9.27. The number of hydrogen-bond acceptors (Lipinski definition) is 4. The summed E-state index contributed by atoms with van der Waals surface area (Å²) in [5.41, 5.74) is 2.06. The summed E-state index contributed by atoms with van der Waals surface area (Å²) < 4.78 is 17.4. The maximum atomic E-state index is 9.27. The van der Waals surface area contributed by atoms with E-state index in [9.17, 15) is 5.11 Å². The molecule has 0 spiro atoms. The fraction of sp³-hybridized carbons (Fsp3) is 0.727. The van der Waals surface area contributed by atoms with Crippen molar-refractivity contribution in [3.05, 3.63) is 18.4 Å². The molecule has 0 aromatic heterocycles. The molecule has 2 aliphatic rings. The highest BCUT2D eigenvalue weighted by atomic mass is 16.8. The van der Waals surface area contributed by atoms with Gasteiger partial charge in [-0.05, 0) is 19.9 Å². The van der Waals surface area contributed by atoms with Crippen molar-refractivity contribution in [3.8, 4) is 0 Å². The van der Waals surface area contributed by atoms with E-state index in [2.05, 4.69) is 12.3 Å². The fourth-order valence-corrected chi connectivity index (χ4v) is 2.55. The van der Waals surface area contributed by atoms with E-state index in [-0.39, 0.29) is 24.8 Å². The van der Waals surface area contributed by atoms with Crippen LogP contribution in [-0.2, 0) is 14.2 Å². The molecule has 0 radical (unpaired) electrons. The number of hydrogen-bond donors (Lipinski definition) is 1. The maximum absolute atomic E-state index is 9.27. The lowest BCUT2D eigenvalue weighted by atomic mass is 9.80. The Kier molecular flexibility index (Phi) is 2.77. The van der Waals surface area contributed by atoms with Gasteiger partial charge in [0, 0.05) is 0 Å². The number of fused-ring (bicyclic) bond motifs is 1. The van der Waals surface area contributed by atoms with Crippen LogP contribution in [0.4, 0.5) is 0 Å². The normalized spacial score (nSPS) is 45.1. The van der Waals surface area contributed by atoms with Crippen LogP contribution in [0.1, 0.15) is 13.8 Å². The summed E-state index contributed by atoms with van der Waals surface area (Å²) in [5.74, 6) is -0.677. The van der Waals surface area contributed by atoms with E-state index in [0.29, 0.717) is 0 Å². The molecular weight excluding hydrogens is 207 g/mol. The van der Waals surface area contributed by atoms with Crippen molar-refractivity contribution in [2.45, 2.75) is 43.4 Å². The smallest absolute Gasteiger partial charge is 0.164 e. The lowest BCUT2D eigenvalue weighted by Gasteiger charge is -2.27. The van der Waals surface area contributed by atoms with Crippen LogP contribution in [0.3, 0.4) is 0 Å². The largest absolute Gasteiger partial charge is 0.394 e. The predicted molar refractivity (Wildman–Crippen MR) is 60.8 cm³/mol. The van der Waals surface area contributed by atoms with E-state index in [1.54, 1.807) is 6.08 Å². The summed E-state index contributed by atoms with van der Waals surface area (Å²) in [6.45, 7) is 7.20. The van der Waals surface area contributed by atoms with Crippen LogP contribution in [0.5, 0.6) is 0 Å². The molecule has 0 saturated carbocycles. The lowest BCUT2D eigenvalue weighted by molar-refractivity contribution is -0.191. The van der Waals surface area contributed by atoms with Gasteiger partial charge < -0.3 is 19.3 Å². The molecule has 2 saturated heterocycles. The molecule has 4 atom stereocenters. The van der Waals surface area contributed by atoms with Gasteiger partial charge >= 0.3 is 0 Å². The minimum absolute atomic E-state index is 0.0822. The van der Waals surface area contributed by atoms with E-state index in [4.69, 9.17) is 14.2 Å². The van der Waals surface area contributed by atoms with Crippen molar-refractivity contribution >= 4 is 7.85 Å². The highest BCUT2D eigenvalue weighted by Gasteiger charge is 2.63. The summed E-state index contributed by atoms with van der Waals surface area (Å²) in [6, 6.07) is -0.189. The Morgan fingerprint density at radius 2 is 2.25 bits per heavy atom. The predicted octanol–water partition coefficient (Wildman–Crippen LogP) is -0.432. The maximum Gasteiger partial charge on any atom is 0.164 e. The monoisotopic (exact) mass is 224 g/mol. The van der Waals surface area contributed by atoms with Gasteiger partial charge in [0.15, 0.2) is 5.79 Å². The minimum Gasteiger partial charge on any atom is -0.394 e. The molecule has 88 valence electrons. The van der Waals surface area contributed by atoms with Crippen molar-refractivity contribution in [3.63, 3.8) is 0 Å². The van der Waals surface area contributed by atoms with Crippen LogP contribution in [-0.4, -0.2) is 49.2 Å². The van der Waals surface area contributed by atoms with Crippen molar-refractivity contribution in [2.24, 2.45) is 0 Å². The molecule has 2 rings (SSSR count). The number of aliphatic hydroxyl groups excluding tert-OH is 1. The van der Waals surface area contributed by atoms with Crippen molar-refractivity contribution in [1.82, 2.24) is 0 Å². The quantitative estimate of drug-likeness (QED) is 0.510. The van der Waals surface area contributed by atoms with E-state index >= 15 is 0 Å². The summed E-state index contributed by atoms with van der Waals surface area (Å²) >= 11 is 0. The molecule has 2 fully saturated rings. The average Bonchev–Trinajstić information content (AvgIpc) is 2.58. The third kappa shape index (κ3) is 1.56. The van der Waals surface area contributed by atoms with Gasteiger partial charge in [-0.25, -0.2) is 0 Å². The third-order valence-electron chi connectivity index (χ3n) is 3.14. The highest BCUT2D eigenvalue weighted by Crippen LogP contribution is 2.46. The van der Waals surface area contributed by atoms with Crippen molar-refractivity contribution in [2.75, 3.05) is 6.61 Å². The molecule has 0 bridgehead atoms. The van der Waals surface area contributed by atoms with Gasteiger partial charge in [-0.1, -0.05) is 6.58 Å². The van der Waals surface area contributed by atoms with Gasteiger partial charge in [0.2, 0.25) is 0 Å². The zero-order valence-electron chi connectivity index (χ0n) is 9.90.